The summed E-state index contributed by atoms with van der Waals surface area (Å²) < 4.78 is 16.5. The molecule has 0 bridgehead atoms. The van der Waals surface area contributed by atoms with E-state index in [0.29, 0.717) is 29.5 Å². The highest BCUT2D eigenvalue weighted by molar-refractivity contribution is 5.93. The smallest absolute Gasteiger partial charge is 0.322 e. The predicted octanol–water partition coefficient (Wildman–Crippen LogP) is 7.04. The summed E-state index contributed by atoms with van der Waals surface area (Å²) in [6, 6.07) is 18.8. The summed E-state index contributed by atoms with van der Waals surface area (Å²) in [6.45, 7) is 0.556. The molecule has 0 radical (unpaired) electrons. The zero-order valence-corrected chi connectivity index (χ0v) is 22.0. The Labute approximate surface area is 219 Å². The van der Waals surface area contributed by atoms with E-state index in [1.54, 1.807) is 33.5 Å². The van der Waals surface area contributed by atoms with Gasteiger partial charge in [0.15, 0.2) is 0 Å². The van der Waals surface area contributed by atoms with Gasteiger partial charge in [0.2, 0.25) is 0 Å². The molecule has 6 heteroatoms. The summed E-state index contributed by atoms with van der Waals surface area (Å²) in [4.78, 5) is 15.9. The summed E-state index contributed by atoms with van der Waals surface area (Å²) in [5.74, 6) is 1.60. The quantitative estimate of drug-likeness (QED) is 0.277. The third-order valence-corrected chi connectivity index (χ3v) is 7.68. The van der Waals surface area contributed by atoms with Gasteiger partial charge in [-0.05, 0) is 47.1 Å². The van der Waals surface area contributed by atoms with Gasteiger partial charge < -0.3 is 24.4 Å². The topological polar surface area (TPSA) is 60.0 Å². The van der Waals surface area contributed by atoms with Crippen molar-refractivity contribution in [2.24, 2.45) is 0 Å². The third kappa shape index (κ3) is 5.24. The Morgan fingerprint density at radius 2 is 1.51 bits per heavy atom. The number of anilines is 1. The first kappa shape index (κ1) is 25.0. The van der Waals surface area contributed by atoms with Gasteiger partial charge in [-0.25, -0.2) is 4.79 Å². The lowest BCUT2D eigenvalue weighted by atomic mass is 10.0. The van der Waals surface area contributed by atoms with Crippen molar-refractivity contribution in [2.75, 3.05) is 26.6 Å². The molecule has 1 N–H and O–H groups in total. The summed E-state index contributed by atoms with van der Waals surface area (Å²) in [7, 11) is 4.75. The van der Waals surface area contributed by atoms with Crippen LogP contribution in [0.2, 0.25) is 0 Å². The number of ether oxygens (including phenoxy) is 3. The van der Waals surface area contributed by atoms with Crippen LogP contribution in [0.5, 0.6) is 17.2 Å². The van der Waals surface area contributed by atoms with E-state index in [4.69, 9.17) is 14.2 Å². The van der Waals surface area contributed by atoms with Crippen molar-refractivity contribution in [3.63, 3.8) is 0 Å². The molecule has 0 saturated heterocycles. The van der Waals surface area contributed by atoms with Crippen LogP contribution in [0, 0.1) is 0 Å². The van der Waals surface area contributed by atoms with Crippen molar-refractivity contribution in [1.82, 2.24) is 4.90 Å². The number of hydrogen-bond donors (Lipinski definition) is 1. The number of hydrogen-bond acceptors (Lipinski definition) is 4. The Morgan fingerprint density at radius 1 is 0.838 bits per heavy atom. The summed E-state index contributed by atoms with van der Waals surface area (Å²) in [5.41, 5.74) is 6.99. The van der Waals surface area contributed by atoms with Gasteiger partial charge in [-0.2, -0.15) is 0 Å². The Balaban J connectivity index is 1.43. The lowest BCUT2D eigenvalue weighted by molar-refractivity contribution is 0.175. The molecule has 0 aromatic heterocycles. The maximum atomic E-state index is 13.9. The summed E-state index contributed by atoms with van der Waals surface area (Å²) in [6.07, 6.45) is 7.70. The highest BCUT2D eigenvalue weighted by Crippen LogP contribution is 2.40. The first-order valence-corrected chi connectivity index (χ1v) is 13.2. The highest BCUT2D eigenvalue weighted by atomic mass is 16.5. The van der Waals surface area contributed by atoms with Gasteiger partial charge in [-0.3, -0.25) is 0 Å². The number of fused-ring (bicyclic) bond motifs is 3. The standard InChI is InChI=1S/C31H36N2O4/c1-35-25-18-28(36-2)30(29(19-25)37-3)32-31(34)33(24-11-6-4-5-7-12-24)20-21-14-15-27-23(16-21)17-22-10-8-9-13-26(22)27/h8-10,13-16,18-19,24H,4-7,11-12,17,20H2,1-3H3,(H,32,34). The predicted molar refractivity (Wildman–Crippen MR) is 147 cm³/mol. The van der Waals surface area contributed by atoms with E-state index in [0.717, 1.165) is 37.7 Å². The van der Waals surface area contributed by atoms with Gasteiger partial charge >= 0.3 is 6.03 Å². The maximum Gasteiger partial charge on any atom is 0.322 e. The monoisotopic (exact) mass is 500 g/mol. The fraction of sp³-hybridized carbons (Fsp3) is 0.387. The molecule has 0 aliphatic heterocycles. The van der Waals surface area contributed by atoms with Gasteiger partial charge in [-0.1, -0.05) is 68.1 Å². The van der Waals surface area contributed by atoms with Crippen LogP contribution in [0.3, 0.4) is 0 Å². The van der Waals surface area contributed by atoms with Crippen LogP contribution >= 0.6 is 0 Å². The second-order valence-corrected chi connectivity index (χ2v) is 9.94. The molecule has 1 fully saturated rings. The van der Waals surface area contributed by atoms with E-state index in [1.165, 1.54) is 35.1 Å². The van der Waals surface area contributed by atoms with E-state index in [2.05, 4.69) is 47.8 Å². The number of urea groups is 1. The average Bonchev–Trinajstić information content (AvgIpc) is 3.08. The zero-order valence-electron chi connectivity index (χ0n) is 22.0. The lowest BCUT2D eigenvalue weighted by Gasteiger charge is -2.32. The van der Waals surface area contributed by atoms with Crippen molar-refractivity contribution in [1.29, 1.82) is 0 Å². The van der Waals surface area contributed by atoms with E-state index in [1.807, 2.05) is 4.90 Å². The molecule has 1 saturated carbocycles. The lowest BCUT2D eigenvalue weighted by Crippen LogP contribution is -2.42. The summed E-state index contributed by atoms with van der Waals surface area (Å²) >= 11 is 0. The molecule has 0 atom stereocenters. The Bertz CT molecular complexity index is 1240. The number of carbonyl (C=O) groups is 1. The number of nitrogens with one attached hydrogen (secondary N) is 1. The summed E-state index contributed by atoms with van der Waals surface area (Å²) in [5, 5.41) is 3.12. The maximum absolute atomic E-state index is 13.9. The van der Waals surface area contributed by atoms with Crippen LogP contribution < -0.4 is 19.5 Å². The van der Waals surface area contributed by atoms with Gasteiger partial charge in [0.05, 0.1) is 21.3 Å². The minimum absolute atomic E-state index is 0.141. The molecule has 0 spiro atoms. The Morgan fingerprint density at radius 3 is 2.19 bits per heavy atom. The van der Waals surface area contributed by atoms with Crippen molar-refractivity contribution in [2.45, 2.75) is 57.5 Å². The molecule has 0 heterocycles. The number of amides is 2. The third-order valence-electron chi connectivity index (χ3n) is 7.68. The molecule has 37 heavy (non-hydrogen) atoms. The minimum atomic E-state index is -0.141. The average molecular weight is 501 g/mol. The van der Waals surface area contributed by atoms with Crippen molar-refractivity contribution in [3.05, 3.63) is 71.3 Å². The minimum Gasteiger partial charge on any atom is -0.496 e. The number of benzene rings is 3. The fourth-order valence-corrected chi connectivity index (χ4v) is 5.74. The van der Waals surface area contributed by atoms with Gasteiger partial charge in [0, 0.05) is 24.7 Å². The molecular weight excluding hydrogens is 464 g/mol. The van der Waals surface area contributed by atoms with Crippen LogP contribution in [0.15, 0.2) is 54.6 Å². The van der Waals surface area contributed by atoms with Crippen molar-refractivity contribution < 1.29 is 19.0 Å². The van der Waals surface area contributed by atoms with Gasteiger partial charge in [0.25, 0.3) is 0 Å². The molecule has 2 aliphatic carbocycles. The number of nitrogens with zero attached hydrogens (tertiary/aromatic N) is 1. The first-order valence-electron chi connectivity index (χ1n) is 13.2. The highest BCUT2D eigenvalue weighted by Gasteiger charge is 2.28. The molecule has 3 aromatic carbocycles. The molecule has 3 aromatic rings. The second-order valence-electron chi connectivity index (χ2n) is 9.94. The van der Waals surface area contributed by atoms with Crippen LogP contribution in [-0.4, -0.2) is 38.3 Å². The Kier molecular flexibility index (Phi) is 7.54. The fourth-order valence-electron chi connectivity index (χ4n) is 5.74. The van der Waals surface area contributed by atoms with E-state index < -0.39 is 0 Å². The van der Waals surface area contributed by atoms with E-state index >= 15 is 0 Å². The normalized spacial score (nSPS) is 14.8. The number of methoxy groups -OCH3 is 3. The molecular formula is C31H36N2O4. The van der Waals surface area contributed by atoms with Crippen LogP contribution in [0.4, 0.5) is 10.5 Å². The molecule has 5 rings (SSSR count). The second kappa shape index (κ2) is 11.2. The van der Waals surface area contributed by atoms with Gasteiger partial charge in [0.1, 0.15) is 22.9 Å². The van der Waals surface area contributed by atoms with Gasteiger partial charge in [-0.15, -0.1) is 0 Å². The zero-order chi connectivity index (χ0) is 25.8. The van der Waals surface area contributed by atoms with Crippen LogP contribution in [0.25, 0.3) is 11.1 Å². The molecule has 194 valence electrons. The molecule has 6 nitrogen and oxygen atoms in total. The first-order chi connectivity index (χ1) is 18.1. The van der Waals surface area contributed by atoms with Crippen molar-refractivity contribution >= 4 is 11.7 Å². The molecule has 2 amide bonds. The van der Waals surface area contributed by atoms with Crippen LogP contribution in [-0.2, 0) is 13.0 Å². The SMILES string of the molecule is COc1cc(OC)c(NC(=O)N(Cc2ccc3c(c2)Cc2ccccc2-3)C2CCCCCC2)c(OC)c1. The van der Waals surface area contributed by atoms with E-state index in [9.17, 15) is 4.79 Å². The molecule has 2 aliphatic rings. The number of rotatable bonds is 7. The largest absolute Gasteiger partial charge is 0.496 e. The number of carbonyl (C=O) groups excluding carboxylic acids is 1. The molecule has 0 unspecified atom stereocenters. The Hall–Kier alpha value is -3.67. The van der Waals surface area contributed by atoms with Crippen LogP contribution in [0.1, 0.15) is 55.2 Å². The van der Waals surface area contributed by atoms with E-state index in [-0.39, 0.29) is 12.1 Å². The van der Waals surface area contributed by atoms with Crippen molar-refractivity contribution in [3.8, 4) is 28.4 Å².